The van der Waals surface area contributed by atoms with Crippen molar-refractivity contribution in [2.75, 3.05) is 0 Å². The van der Waals surface area contributed by atoms with Crippen molar-refractivity contribution in [1.29, 1.82) is 0 Å². The van der Waals surface area contributed by atoms with Crippen LogP contribution >= 0.6 is 0 Å². The summed E-state index contributed by atoms with van der Waals surface area (Å²) in [7, 11) is 0.934. The van der Waals surface area contributed by atoms with Crippen LogP contribution in [-0.4, -0.2) is 15.2 Å². The van der Waals surface area contributed by atoms with Gasteiger partial charge in [-0.05, 0) is 27.7 Å². The lowest BCUT2D eigenvalue weighted by Crippen LogP contribution is -2.20. The molecule has 0 amide bonds. The topological polar surface area (TPSA) is 12.9 Å². The summed E-state index contributed by atoms with van der Waals surface area (Å²) in [6.07, 6.45) is 2.08. The Labute approximate surface area is 141 Å². The van der Waals surface area contributed by atoms with Crippen LogP contribution in [0.2, 0.25) is 0 Å². The maximum absolute atomic E-state index is 4.77. The maximum Gasteiger partial charge on any atom is 0.0631 e. The zero-order valence-electron chi connectivity index (χ0n) is 14.3. The van der Waals surface area contributed by atoms with Crippen LogP contribution < -0.4 is 5.32 Å². The zero-order chi connectivity index (χ0) is 16.4. The monoisotopic (exact) mass is 317 g/mol. The highest BCUT2D eigenvalue weighted by atomic mass is 28.1. The van der Waals surface area contributed by atoms with E-state index >= 15 is 0 Å². The van der Waals surface area contributed by atoms with E-state index in [4.69, 9.17) is 4.98 Å². The molecule has 0 fully saturated rings. The molecule has 0 radical (unpaired) electrons. The fraction of sp³-hybridized carbons (Fsp3) is 0.190. The third-order valence-corrected chi connectivity index (χ3v) is 4.96. The molecular formula is C21H23NSi. The Morgan fingerprint density at radius 3 is 1.70 bits per heavy atom. The van der Waals surface area contributed by atoms with Crippen molar-refractivity contribution in [1.82, 2.24) is 4.98 Å². The lowest BCUT2D eigenvalue weighted by molar-refractivity contribution is 0.590. The minimum atomic E-state index is 0.0525. The minimum Gasteiger partial charge on any atom is -0.266 e. The van der Waals surface area contributed by atoms with Gasteiger partial charge in [-0.2, -0.15) is 0 Å². The zero-order valence-corrected chi connectivity index (χ0v) is 16.3. The van der Waals surface area contributed by atoms with Gasteiger partial charge in [0.25, 0.3) is 0 Å². The number of pyridine rings is 1. The molecule has 0 atom stereocenters. The second kappa shape index (κ2) is 6.13. The molecule has 1 aromatic heterocycles. The van der Waals surface area contributed by atoms with Crippen molar-refractivity contribution in [2.45, 2.75) is 26.2 Å². The number of nitrogens with zero attached hydrogens (tertiary/aromatic N) is 1. The molecule has 1 nitrogen and oxygen atoms in total. The molecule has 3 aromatic rings. The first kappa shape index (κ1) is 15.7. The summed E-state index contributed by atoms with van der Waals surface area (Å²) < 4.78 is 0. The molecule has 2 aromatic carbocycles. The number of rotatable bonds is 2. The lowest BCUT2D eigenvalue weighted by atomic mass is 9.80. The summed E-state index contributed by atoms with van der Waals surface area (Å²) in [4.78, 5) is 4.77. The van der Waals surface area contributed by atoms with E-state index in [0.29, 0.717) is 0 Å². The van der Waals surface area contributed by atoms with Gasteiger partial charge < -0.3 is 0 Å². The van der Waals surface area contributed by atoms with Crippen molar-refractivity contribution in [3.63, 3.8) is 0 Å². The van der Waals surface area contributed by atoms with Gasteiger partial charge in [0.05, 0.1) is 10.2 Å². The predicted octanol–water partition coefficient (Wildman–Crippen LogP) is 3.70. The van der Waals surface area contributed by atoms with Gasteiger partial charge in [0.15, 0.2) is 0 Å². The first-order valence-corrected chi connectivity index (χ1v) is 9.09. The van der Waals surface area contributed by atoms with E-state index < -0.39 is 0 Å². The van der Waals surface area contributed by atoms with E-state index in [1.165, 1.54) is 33.1 Å². The Kier molecular flexibility index (Phi) is 4.18. The summed E-state index contributed by atoms with van der Waals surface area (Å²) in [5.74, 6) is 0. The number of hydrogen-bond acceptors (Lipinski definition) is 1. The second-order valence-electron chi connectivity index (χ2n) is 6.99. The first-order chi connectivity index (χ1) is 11.0. The van der Waals surface area contributed by atoms with Gasteiger partial charge in [-0.1, -0.05) is 81.4 Å². The molecule has 0 aliphatic heterocycles. The molecule has 0 unspecified atom stereocenters. The molecule has 116 valence electrons. The Bertz CT molecular complexity index is 802. The maximum atomic E-state index is 4.77. The largest absolute Gasteiger partial charge is 0.266 e. The van der Waals surface area contributed by atoms with Crippen molar-refractivity contribution in [2.24, 2.45) is 0 Å². The second-order valence-corrected chi connectivity index (χ2v) is 7.94. The van der Waals surface area contributed by atoms with E-state index in [1.54, 1.807) is 0 Å². The average molecular weight is 318 g/mol. The molecule has 0 aliphatic rings. The smallest absolute Gasteiger partial charge is 0.0631 e. The molecule has 23 heavy (non-hydrogen) atoms. The highest BCUT2D eigenvalue weighted by Crippen LogP contribution is 2.38. The van der Waals surface area contributed by atoms with Crippen LogP contribution in [0.5, 0.6) is 0 Å². The highest BCUT2D eigenvalue weighted by molar-refractivity contribution is 6.35. The Balaban J connectivity index is 2.39. The number of hydrogen-bond donors (Lipinski definition) is 0. The predicted molar refractivity (Wildman–Crippen MR) is 103 cm³/mol. The summed E-state index contributed by atoms with van der Waals surface area (Å²) in [6, 6.07) is 21.4. The van der Waals surface area contributed by atoms with Crippen molar-refractivity contribution < 1.29 is 0 Å². The molecule has 0 N–H and O–H groups in total. The molecule has 0 saturated carbocycles. The van der Waals surface area contributed by atoms with Crippen LogP contribution in [-0.2, 0) is 5.41 Å². The standard InChI is InChI=1S/C21H23NSi/c1-21(2,3)17-14-22-20(23)19(16-12-8-5-9-13-16)18(17)15-10-6-4-7-11-15/h4-14H,1-3,23H3. The van der Waals surface area contributed by atoms with Gasteiger partial charge in [0, 0.05) is 17.1 Å². The highest BCUT2D eigenvalue weighted by Gasteiger charge is 2.23. The minimum absolute atomic E-state index is 0.0525. The van der Waals surface area contributed by atoms with E-state index in [9.17, 15) is 0 Å². The van der Waals surface area contributed by atoms with Crippen LogP contribution in [0.3, 0.4) is 0 Å². The summed E-state index contributed by atoms with van der Waals surface area (Å²) >= 11 is 0. The van der Waals surface area contributed by atoms with E-state index in [2.05, 4.69) is 87.6 Å². The van der Waals surface area contributed by atoms with E-state index in [1.807, 2.05) is 0 Å². The summed E-state index contributed by atoms with van der Waals surface area (Å²) in [5.41, 5.74) is 6.53. The Morgan fingerprint density at radius 2 is 1.22 bits per heavy atom. The fourth-order valence-corrected chi connectivity index (χ4v) is 3.71. The van der Waals surface area contributed by atoms with Crippen LogP contribution in [0.1, 0.15) is 26.3 Å². The molecular weight excluding hydrogens is 294 g/mol. The molecule has 3 rings (SSSR count). The van der Waals surface area contributed by atoms with Crippen molar-refractivity contribution in [3.8, 4) is 22.3 Å². The number of benzene rings is 2. The average Bonchev–Trinajstić information content (AvgIpc) is 2.55. The molecule has 0 spiro atoms. The normalized spacial score (nSPS) is 11.6. The van der Waals surface area contributed by atoms with Crippen LogP contribution in [0.15, 0.2) is 66.9 Å². The van der Waals surface area contributed by atoms with Gasteiger partial charge in [0.1, 0.15) is 0 Å². The third kappa shape index (κ3) is 3.13. The molecule has 0 aliphatic carbocycles. The van der Waals surface area contributed by atoms with Crippen molar-refractivity contribution >= 4 is 15.6 Å². The third-order valence-electron chi connectivity index (χ3n) is 4.20. The summed E-state index contributed by atoms with van der Waals surface area (Å²) in [5, 5.41) is 1.21. The van der Waals surface area contributed by atoms with Gasteiger partial charge >= 0.3 is 0 Å². The van der Waals surface area contributed by atoms with Crippen LogP contribution in [0, 0.1) is 0 Å². The first-order valence-electron chi connectivity index (χ1n) is 8.09. The molecule has 1 heterocycles. The van der Waals surface area contributed by atoms with Crippen LogP contribution in [0.25, 0.3) is 22.3 Å². The molecule has 0 bridgehead atoms. The molecule has 2 heteroatoms. The quantitative estimate of drug-likeness (QED) is 0.657. The fourth-order valence-electron chi connectivity index (χ4n) is 3.04. The van der Waals surface area contributed by atoms with E-state index in [0.717, 1.165) is 10.2 Å². The summed E-state index contributed by atoms with van der Waals surface area (Å²) in [6.45, 7) is 6.79. The lowest BCUT2D eigenvalue weighted by Gasteiger charge is -2.26. The van der Waals surface area contributed by atoms with Gasteiger partial charge in [-0.3, -0.25) is 4.98 Å². The van der Waals surface area contributed by atoms with Crippen LogP contribution in [0.4, 0.5) is 0 Å². The number of aromatic nitrogens is 1. The molecule has 0 saturated heterocycles. The van der Waals surface area contributed by atoms with Gasteiger partial charge in [-0.25, -0.2) is 0 Å². The Morgan fingerprint density at radius 1 is 0.739 bits per heavy atom. The van der Waals surface area contributed by atoms with Gasteiger partial charge in [0.2, 0.25) is 0 Å². The van der Waals surface area contributed by atoms with Crippen molar-refractivity contribution in [3.05, 3.63) is 72.4 Å². The van der Waals surface area contributed by atoms with Gasteiger partial charge in [-0.15, -0.1) is 0 Å². The Hall–Kier alpha value is -2.19. The van der Waals surface area contributed by atoms with E-state index in [-0.39, 0.29) is 5.41 Å². The SMILES string of the molecule is CC(C)(C)c1cnc([SiH3])c(-c2ccccc2)c1-c1ccccc1.